The van der Waals surface area contributed by atoms with Gasteiger partial charge in [-0.2, -0.15) is 0 Å². The van der Waals surface area contributed by atoms with E-state index >= 15 is 0 Å². The van der Waals surface area contributed by atoms with Gasteiger partial charge in [0.15, 0.2) is 15.6 Å². The zero-order valence-electron chi connectivity index (χ0n) is 11.0. The third-order valence-electron chi connectivity index (χ3n) is 2.75. The van der Waals surface area contributed by atoms with E-state index < -0.39 is 21.5 Å². The number of sulfone groups is 1. The molecule has 0 unspecified atom stereocenters. The minimum atomic E-state index is -3.71. The standard InChI is InChI=1S/C13H12N2O4S2/c1-21(18,19)13-8(9(11(14)17)12(15)20-13)10(16)7-5-3-2-4-6-7/h2-6H,15H2,1H3,(H2,14,17). The van der Waals surface area contributed by atoms with Gasteiger partial charge in [-0.25, -0.2) is 8.42 Å². The van der Waals surface area contributed by atoms with E-state index in [-0.39, 0.29) is 25.9 Å². The fourth-order valence-corrected chi connectivity index (χ4v) is 4.11. The molecule has 0 aliphatic heterocycles. The summed E-state index contributed by atoms with van der Waals surface area (Å²) in [4.78, 5) is 24.1. The lowest BCUT2D eigenvalue weighted by Gasteiger charge is -2.04. The van der Waals surface area contributed by atoms with Gasteiger partial charge in [0.25, 0.3) is 5.91 Å². The van der Waals surface area contributed by atoms with Gasteiger partial charge < -0.3 is 11.5 Å². The molecule has 1 amide bonds. The summed E-state index contributed by atoms with van der Waals surface area (Å²) in [5.74, 6) is -1.53. The minimum absolute atomic E-state index is 0.0813. The first-order chi connectivity index (χ1) is 9.73. The van der Waals surface area contributed by atoms with Gasteiger partial charge in [0.2, 0.25) is 0 Å². The summed E-state index contributed by atoms with van der Waals surface area (Å²) in [6.07, 6.45) is 0.949. The summed E-state index contributed by atoms with van der Waals surface area (Å²) in [6, 6.07) is 8.02. The maximum atomic E-state index is 12.5. The van der Waals surface area contributed by atoms with E-state index in [4.69, 9.17) is 11.5 Å². The first-order valence-corrected chi connectivity index (χ1v) is 8.46. The number of anilines is 1. The van der Waals surface area contributed by atoms with E-state index in [1.165, 1.54) is 12.1 Å². The second-order valence-corrected chi connectivity index (χ2v) is 7.60. The van der Waals surface area contributed by atoms with Crippen LogP contribution in [0.4, 0.5) is 5.00 Å². The Labute approximate surface area is 125 Å². The van der Waals surface area contributed by atoms with Crippen LogP contribution in [0.3, 0.4) is 0 Å². The quantitative estimate of drug-likeness (QED) is 0.815. The third-order valence-corrected chi connectivity index (χ3v) is 5.60. The number of ketones is 1. The minimum Gasteiger partial charge on any atom is -0.390 e. The van der Waals surface area contributed by atoms with Gasteiger partial charge in [-0.15, -0.1) is 11.3 Å². The molecular weight excluding hydrogens is 312 g/mol. The van der Waals surface area contributed by atoms with Crippen LogP contribution in [0.25, 0.3) is 0 Å². The Morgan fingerprint density at radius 2 is 1.67 bits per heavy atom. The molecule has 0 saturated carbocycles. The number of thiophene rings is 1. The molecule has 0 aliphatic rings. The van der Waals surface area contributed by atoms with Crippen LogP contribution in [0.5, 0.6) is 0 Å². The van der Waals surface area contributed by atoms with Gasteiger partial charge in [0.05, 0.1) is 11.1 Å². The maximum Gasteiger partial charge on any atom is 0.252 e. The lowest BCUT2D eigenvalue weighted by molar-refractivity contribution is 0.0981. The number of carbonyl (C=O) groups is 2. The van der Waals surface area contributed by atoms with Gasteiger partial charge in [-0.3, -0.25) is 9.59 Å². The molecule has 1 aromatic carbocycles. The maximum absolute atomic E-state index is 12.5. The van der Waals surface area contributed by atoms with E-state index in [9.17, 15) is 18.0 Å². The first kappa shape index (κ1) is 15.2. The lowest BCUT2D eigenvalue weighted by atomic mass is 10.0. The van der Waals surface area contributed by atoms with E-state index in [0.717, 1.165) is 6.26 Å². The largest absolute Gasteiger partial charge is 0.390 e. The number of nitrogen functional groups attached to an aromatic ring is 1. The molecule has 1 aromatic heterocycles. The zero-order chi connectivity index (χ0) is 15.8. The Bertz CT molecular complexity index is 823. The molecule has 2 aromatic rings. The van der Waals surface area contributed by atoms with Crippen molar-refractivity contribution in [2.75, 3.05) is 12.0 Å². The second-order valence-electron chi connectivity index (χ2n) is 4.34. The number of amides is 1. The van der Waals surface area contributed by atoms with Crippen LogP contribution in [0.2, 0.25) is 0 Å². The third kappa shape index (κ3) is 2.81. The van der Waals surface area contributed by atoms with Gasteiger partial charge in [-0.05, 0) is 0 Å². The van der Waals surface area contributed by atoms with Crippen LogP contribution in [-0.2, 0) is 9.84 Å². The fraction of sp³-hybridized carbons (Fsp3) is 0.0769. The van der Waals surface area contributed by atoms with E-state index in [0.29, 0.717) is 11.3 Å². The number of rotatable bonds is 4. The topological polar surface area (TPSA) is 120 Å². The average molecular weight is 324 g/mol. The molecule has 2 rings (SSSR count). The van der Waals surface area contributed by atoms with Crippen LogP contribution in [0.1, 0.15) is 26.3 Å². The van der Waals surface area contributed by atoms with E-state index in [2.05, 4.69) is 0 Å². The van der Waals surface area contributed by atoms with Gasteiger partial charge in [-0.1, -0.05) is 30.3 Å². The number of primary amides is 1. The van der Waals surface area contributed by atoms with Gasteiger partial charge in [0, 0.05) is 11.8 Å². The predicted octanol–water partition coefficient (Wildman–Crippen LogP) is 1.06. The second kappa shape index (κ2) is 5.30. The molecule has 0 aliphatic carbocycles. The lowest BCUT2D eigenvalue weighted by Crippen LogP contribution is -2.18. The smallest absolute Gasteiger partial charge is 0.252 e. The van der Waals surface area contributed by atoms with Crippen molar-refractivity contribution in [3.63, 3.8) is 0 Å². The monoisotopic (exact) mass is 324 g/mol. The summed E-state index contributed by atoms with van der Waals surface area (Å²) in [7, 11) is -3.71. The highest BCUT2D eigenvalue weighted by molar-refractivity contribution is 7.93. The summed E-state index contributed by atoms with van der Waals surface area (Å²) in [6.45, 7) is 0. The Hall–Kier alpha value is -2.19. The van der Waals surface area contributed by atoms with Crippen LogP contribution < -0.4 is 11.5 Å². The summed E-state index contributed by atoms with van der Waals surface area (Å²) >= 11 is 0.667. The molecule has 0 saturated heterocycles. The summed E-state index contributed by atoms with van der Waals surface area (Å²) in [5, 5.41) is -0.0813. The van der Waals surface area contributed by atoms with Crippen molar-refractivity contribution in [3.8, 4) is 0 Å². The van der Waals surface area contributed by atoms with Crippen molar-refractivity contribution in [1.82, 2.24) is 0 Å². The Kier molecular flexibility index (Phi) is 3.84. The van der Waals surface area contributed by atoms with Gasteiger partial charge in [0.1, 0.15) is 9.21 Å². The van der Waals surface area contributed by atoms with Crippen molar-refractivity contribution in [3.05, 3.63) is 47.0 Å². The van der Waals surface area contributed by atoms with Crippen molar-refractivity contribution < 1.29 is 18.0 Å². The van der Waals surface area contributed by atoms with Crippen LogP contribution >= 0.6 is 11.3 Å². The zero-order valence-corrected chi connectivity index (χ0v) is 12.6. The fourth-order valence-electron chi connectivity index (χ4n) is 1.87. The van der Waals surface area contributed by atoms with E-state index in [1.807, 2.05) is 0 Å². The molecule has 4 N–H and O–H groups in total. The van der Waals surface area contributed by atoms with E-state index in [1.54, 1.807) is 18.2 Å². The molecule has 8 heteroatoms. The van der Waals surface area contributed by atoms with Crippen molar-refractivity contribution in [1.29, 1.82) is 0 Å². The molecule has 110 valence electrons. The molecule has 0 fully saturated rings. The SMILES string of the molecule is CS(=O)(=O)c1sc(N)c(C(N)=O)c1C(=O)c1ccccc1. The van der Waals surface area contributed by atoms with Crippen molar-refractivity contribution >= 4 is 37.9 Å². The Morgan fingerprint density at radius 1 is 1.10 bits per heavy atom. The van der Waals surface area contributed by atoms with Crippen LogP contribution in [0.15, 0.2) is 34.5 Å². The highest BCUT2D eigenvalue weighted by Crippen LogP contribution is 2.35. The molecule has 0 radical (unpaired) electrons. The normalized spacial score (nSPS) is 11.3. The van der Waals surface area contributed by atoms with Crippen LogP contribution in [0, 0.1) is 0 Å². The Balaban J connectivity index is 2.78. The van der Waals surface area contributed by atoms with Crippen molar-refractivity contribution in [2.24, 2.45) is 5.73 Å². The van der Waals surface area contributed by atoms with Crippen molar-refractivity contribution in [2.45, 2.75) is 4.21 Å². The number of carbonyl (C=O) groups excluding carboxylic acids is 2. The average Bonchev–Trinajstić information content (AvgIpc) is 2.76. The number of hydrogen-bond donors (Lipinski definition) is 2. The first-order valence-electron chi connectivity index (χ1n) is 5.75. The molecular formula is C13H12N2O4S2. The van der Waals surface area contributed by atoms with Gasteiger partial charge >= 0.3 is 0 Å². The number of benzene rings is 1. The molecule has 0 spiro atoms. The molecule has 1 heterocycles. The molecule has 0 atom stereocenters. The summed E-state index contributed by atoms with van der Waals surface area (Å²) in [5.41, 5.74) is 10.6. The highest BCUT2D eigenvalue weighted by Gasteiger charge is 2.30. The number of hydrogen-bond acceptors (Lipinski definition) is 6. The highest BCUT2D eigenvalue weighted by atomic mass is 32.2. The molecule has 21 heavy (non-hydrogen) atoms. The summed E-state index contributed by atoms with van der Waals surface area (Å²) < 4.78 is 23.4. The molecule has 6 nitrogen and oxygen atoms in total. The van der Waals surface area contributed by atoms with Crippen LogP contribution in [-0.4, -0.2) is 26.4 Å². The number of nitrogens with two attached hydrogens (primary N) is 2. The Morgan fingerprint density at radius 3 is 2.14 bits per heavy atom. The predicted molar refractivity (Wildman–Crippen MR) is 80.2 cm³/mol. The molecule has 0 bridgehead atoms.